The van der Waals surface area contributed by atoms with Gasteiger partial charge in [-0.3, -0.25) is 14.5 Å². The fourth-order valence-corrected chi connectivity index (χ4v) is 2.36. The molecule has 1 saturated heterocycles. The number of carbonyl (C=O) groups excluding carboxylic acids is 2. The highest BCUT2D eigenvalue weighted by atomic mass is 16.5. The summed E-state index contributed by atoms with van der Waals surface area (Å²) >= 11 is 0. The predicted molar refractivity (Wildman–Crippen MR) is 73.6 cm³/mol. The molecule has 1 aliphatic rings. The van der Waals surface area contributed by atoms with Gasteiger partial charge in [0.1, 0.15) is 0 Å². The molecule has 0 aromatic heterocycles. The minimum absolute atomic E-state index is 0.106. The van der Waals surface area contributed by atoms with E-state index in [4.69, 9.17) is 15.3 Å². The van der Waals surface area contributed by atoms with E-state index >= 15 is 0 Å². The Labute approximate surface area is 124 Å². The van der Waals surface area contributed by atoms with E-state index in [-0.39, 0.29) is 37.2 Å². The smallest absolute Gasteiger partial charge is 0.310 e. The lowest BCUT2D eigenvalue weighted by molar-refractivity contribution is -0.145. The summed E-state index contributed by atoms with van der Waals surface area (Å²) in [6, 6.07) is 4.00. The number of esters is 1. The summed E-state index contributed by atoms with van der Waals surface area (Å²) in [7, 11) is 1.36. The maximum atomic E-state index is 12.2. The molecule has 7 nitrogen and oxygen atoms in total. The molecular formula is C14H20N4O3. The van der Waals surface area contributed by atoms with E-state index in [0.717, 1.165) is 0 Å². The molecule has 0 radical (unpaired) electrons. The van der Waals surface area contributed by atoms with Gasteiger partial charge in [0, 0.05) is 19.6 Å². The first-order valence-corrected chi connectivity index (χ1v) is 6.94. The number of likely N-dealkylation sites (tertiary alicyclic amines) is 1. The van der Waals surface area contributed by atoms with Gasteiger partial charge >= 0.3 is 5.97 Å². The number of ether oxygens (including phenoxy) is 1. The molecule has 0 aromatic rings. The second kappa shape index (κ2) is 8.93. The summed E-state index contributed by atoms with van der Waals surface area (Å²) in [6.07, 6.45) is 1.19. The standard InChI is InChI=1S/C14H20N4O3/c1-21-14(20)12-4-9-17(10-12)11-13(19)18(7-2-5-15)8-3-6-16/h12H,2-4,7-11H2,1H3. The third kappa shape index (κ3) is 5.41. The van der Waals surface area contributed by atoms with E-state index < -0.39 is 0 Å². The molecule has 1 amide bonds. The Bertz CT molecular complexity index is 434. The Morgan fingerprint density at radius 1 is 1.29 bits per heavy atom. The SMILES string of the molecule is COC(=O)C1CCN(CC(=O)N(CCC#N)CCC#N)C1. The van der Waals surface area contributed by atoms with Crippen molar-refractivity contribution < 1.29 is 14.3 Å². The van der Waals surface area contributed by atoms with Crippen LogP contribution in [0.4, 0.5) is 0 Å². The molecule has 7 heteroatoms. The van der Waals surface area contributed by atoms with Crippen molar-refractivity contribution in [3.63, 3.8) is 0 Å². The van der Waals surface area contributed by atoms with Crippen molar-refractivity contribution in [3.05, 3.63) is 0 Å². The van der Waals surface area contributed by atoms with Crippen molar-refractivity contribution in [1.29, 1.82) is 10.5 Å². The maximum absolute atomic E-state index is 12.2. The van der Waals surface area contributed by atoms with Crippen molar-refractivity contribution in [2.75, 3.05) is 39.8 Å². The van der Waals surface area contributed by atoms with Crippen LogP contribution in [-0.2, 0) is 14.3 Å². The van der Waals surface area contributed by atoms with Gasteiger partial charge in [-0.25, -0.2) is 0 Å². The molecule has 0 spiro atoms. The molecule has 1 fully saturated rings. The average molecular weight is 292 g/mol. The fourth-order valence-electron chi connectivity index (χ4n) is 2.36. The first-order chi connectivity index (χ1) is 10.1. The minimum atomic E-state index is -0.240. The van der Waals surface area contributed by atoms with Crippen LogP contribution in [0.15, 0.2) is 0 Å². The Morgan fingerprint density at radius 3 is 2.43 bits per heavy atom. The van der Waals surface area contributed by atoms with E-state index in [9.17, 15) is 9.59 Å². The van der Waals surface area contributed by atoms with Crippen LogP contribution < -0.4 is 0 Å². The van der Waals surface area contributed by atoms with Crippen molar-refractivity contribution in [2.24, 2.45) is 5.92 Å². The molecule has 1 atom stereocenters. The Morgan fingerprint density at radius 2 is 1.90 bits per heavy atom. The number of hydrogen-bond donors (Lipinski definition) is 0. The third-order valence-corrected chi connectivity index (χ3v) is 3.51. The Hall–Kier alpha value is -2.12. The van der Waals surface area contributed by atoms with Crippen LogP contribution in [0.1, 0.15) is 19.3 Å². The van der Waals surface area contributed by atoms with E-state index in [0.29, 0.717) is 32.6 Å². The van der Waals surface area contributed by atoms with Gasteiger partial charge in [0.15, 0.2) is 0 Å². The molecule has 114 valence electrons. The summed E-state index contributed by atoms with van der Waals surface area (Å²) in [6.45, 7) is 2.08. The van der Waals surface area contributed by atoms with Crippen LogP contribution in [0.5, 0.6) is 0 Å². The van der Waals surface area contributed by atoms with Crippen molar-refractivity contribution >= 4 is 11.9 Å². The molecule has 21 heavy (non-hydrogen) atoms. The molecule has 0 saturated carbocycles. The molecule has 1 rings (SSSR count). The first-order valence-electron chi connectivity index (χ1n) is 6.94. The average Bonchev–Trinajstić information content (AvgIpc) is 2.95. The van der Waals surface area contributed by atoms with Crippen LogP contribution >= 0.6 is 0 Å². The normalized spacial score (nSPS) is 17.8. The van der Waals surface area contributed by atoms with Crippen molar-refractivity contribution in [2.45, 2.75) is 19.3 Å². The molecule has 1 aliphatic heterocycles. The number of methoxy groups -OCH3 is 1. The predicted octanol–water partition coefficient (Wildman–Crippen LogP) is 0.137. The highest BCUT2D eigenvalue weighted by Crippen LogP contribution is 2.17. The lowest BCUT2D eigenvalue weighted by atomic mass is 10.1. The van der Waals surface area contributed by atoms with Gasteiger partial charge in [0.2, 0.25) is 5.91 Å². The summed E-state index contributed by atoms with van der Waals surface area (Å²) in [5.74, 6) is -0.517. The minimum Gasteiger partial charge on any atom is -0.469 e. The van der Waals surface area contributed by atoms with E-state index in [1.807, 2.05) is 17.0 Å². The van der Waals surface area contributed by atoms with Crippen LogP contribution in [0.2, 0.25) is 0 Å². The molecule has 1 heterocycles. The van der Waals surface area contributed by atoms with Crippen molar-refractivity contribution in [3.8, 4) is 12.1 Å². The fraction of sp³-hybridized carbons (Fsp3) is 0.714. The number of rotatable bonds is 7. The maximum Gasteiger partial charge on any atom is 0.310 e. The van der Waals surface area contributed by atoms with E-state index in [1.165, 1.54) is 12.0 Å². The zero-order valence-corrected chi connectivity index (χ0v) is 12.2. The summed E-state index contributed by atoms with van der Waals surface area (Å²) in [5, 5.41) is 17.2. The Kier molecular flexibility index (Phi) is 7.20. The molecule has 0 aliphatic carbocycles. The molecule has 1 unspecified atom stereocenters. The van der Waals surface area contributed by atoms with Gasteiger partial charge < -0.3 is 9.64 Å². The topological polar surface area (TPSA) is 97.4 Å². The van der Waals surface area contributed by atoms with Gasteiger partial charge in [0.25, 0.3) is 0 Å². The summed E-state index contributed by atoms with van der Waals surface area (Å²) < 4.78 is 4.71. The molecule has 0 bridgehead atoms. The second-order valence-corrected chi connectivity index (χ2v) is 4.94. The lowest BCUT2D eigenvalue weighted by Crippen LogP contribution is -2.40. The number of nitriles is 2. The Balaban J connectivity index is 2.48. The van der Waals surface area contributed by atoms with Gasteiger partial charge in [-0.2, -0.15) is 10.5 Å². The highest BCUT2D eigenvalue weighted by Gasteiger charge is 2.30. The van der Waals surface area contributed by atoms with E-state index in [1.54, 1.807) is 0 Å². The number of carbonyl (C=O) groups is 2. The van der Waals surface area contributed by atoms with Gasteiger partial charge in [-0.05, 0) is 13.0 Å². The zero-order chi connectivity index (χ0) is 15.7. The van der Waals surface area contributed by atoms with Crippen LogP contribution in [0, 0.1) is 28.6 Å². The quantitative estimate of drug-likeness (QED) is 0.619. The van der Waals surface area contributed by atoms with Gasteiger partial charge in [0.05, 0.1) is 44.6 Å². The highest BCUT2D eigenvalue weighted by molar-refractivity contribution is 5.78. The van der Waals surface area contributed by atoms with Crippen LogP contribution in [-0.4, -0.2) is 61.5 Å². The van der Waals surface area contributed by atoms with Gasteiger partial charge in [-0.15, -0.1) is 0 Å². The third-order valence-electron chi connectivity index (χ3n) is 3.51. The van der Waals surface area contributed by atoms with Crippen molar-refractivity contribution in [1.82, 2.24) is 9.80 Å². The summed E-state index contributed by atoms with van der Waals surface area (Å²) in [5.41, 5.74) is 0. The molecule has 0 aromatic carbocycles. The van der Waals surface area contributed by atoms with Gasteiger partial charge in [-0.1, -0.05) is 0 Å². The number of amides is 1. The van der Waals surface area contributed by atoms with Crippen LogP contribution in [0.25, 0.3) is 0 Å². The zero-order valence-electron chi connectivity index (χ0n) is 12.2. The summed E-state index contributed by atoms with van der Waals surface area (Å²) in [4.78, 5) is 27.1. The first kappa shape index (κ1) is 16.9. The van der Waals surface area contributed by atoms with Crippen LogP contribution in [0.3, 0.4) is 0 Å². The molecule has 0 N–H and O–H groups in total. The molecular weight excluding hydrogens is 272 g/mol. The number of hydrogen-bond acceptors (Lipinski definition) is 6. The lowest BCUT2D eigenvalue weighted by Gasteiger charge is -2.23. The second-order valence-electron chi connectivity index (χ2n) is 4.94. The number of nitrogens with zero attached hydrogens (tertiary/aromatic N) is 4. The monoisotopic (exact) mass is 292 g/mol. The van der Waals surface area contributed by atoms with E-state index in [2.05, 4.69) is 0 Å². The largest absolute Gasteiger partial charge is 0.469 e.